The third-order valence-electron chi connectivity index (χ3n) is 6.15. The molecule has 2 aromatic rings. The average Bonchev–Trinajstić information content (AvgIpc) is 3.36. The molecule has 2 aliphatic rings. The van der Waals surface area contributed by atoms with Crippen molar-refractivity contribution >= 4 is 35.2 Å². The molecule has 1 heterocycles. The van der Waals surface area contributed by atoms with Crippen molar-refractivity contribution in [2.24, 2.45) is 0 Å². The minimum absolute atomic E-state index is 0.106. The molecule has 0 unspecified atom stereocenters. The summed E-state index contributed by atoms with van der Waals surface area (Å²) in [6.45, 7) is 0. The first-order valence-corrected chi connectivity index (χ1v) is 10.8. The number of anilines is 1. The third-order valence-corrected chi connectivity index (χ3v) is 6.44. The van der Waals surface area contributed by atoms with Gasteiger partial charge in [0, 0.05) is 43.8 Å². The molecule has 0 aromatic heterocycles. The molecule has 33 heavy (non-hydrogen) atoms. The molecule has 1 fully saturated rings. The van der Waals surface area contributed by atoms with Gasteiger partial charge in [-0.05, 0) is 48.7 Å². The zero-order chi connectivity index (χ0) is 23.9. The fourth-order valence-corrected chi connectivity index (χ4v) is 4.49. The first kappa shape index (κ1) is 23.0. The van der Waals surface area contributed by atoms with Gasteiger partial charge in [0.2, 0.25) is 5.91 Å². The molecular weight excluding hydrogens is 456 g/mol. The van der Waals surface area contributed by atoms with Crippen LogP contribution in [0.15, 0.2) is 30.3 Å². The SMILES string of the molecule is CN1C(=O)CC[C@H]1OC(=O)N(C)[C@H]1CCc2c(C(=O)Nc3ccc(F)c(Cl)c3)ccc(F)c21. The molecule has 0 radical (unpaired) electrons. The molecule has 10 heteroatoms. The third kappa shape index (κ3) is 4.37. The van der Waals surface area contributed by atoms with Gasteiger partial charge in [0.1, 0.15) is 11.6 Å². The molecule has 0 bridgehead atoms. The van der Waals surface area contributed by atoms with Crippen molar-refractivity contribution in [1.82, 2.24) is 9.80 Å². The number of rotatable bonds is 4. The first-order chi connectivity index (χ1) is 15.7. The van der Waals surface area contributed by atoms with E-state index in [1.807, 2.05) is 0 Å². The van der Waals surface area contributed by atoms with Crippen LogP contribution in [0, 0.1) is 11.6 Å². The maximum atomic E-state index is 14.8. The maximum absolute atomic E-state index is 14.8. The number of hydrogen-bond donors (Lipinski definition) is 1. The summed E-state index contributed by atoms with van der Waals surface area (Å²) in [6.07, 6.45) is 0.167. The van der Waals surface area contributed by atoms with Crippen molar-refractivity contribution in [2.75, 3.05) is 19.4 Å². The second kappa shape index (κ2) is 8.97. The zero-order valence-electron chi connectivity index (χ0n) is 18.0. The van der Waals surface area contributed by atoms with Crippen LogP contribution in [-0.2, 0) is 16.0 Å². The Kier molecular flexibility index (Phi) is 6.25. The summed E-state index contributed by atoms with van der Waals surface area (Å²) >= 11 is 5.77. The van der Waals surface area contributed by atoms with Crippen LogP contribution in [0.5, 0.6) is 0 Å². The number of carbonyl (C=O) groups is 3. The zero-order valence-corrected chi connectivity index (χ0v) is 18.8. The van der Waals surface area contributed by atoms with Gasteiger partial charge in [-0.3, -0.25) is 9.59 Å². The molecule has 0 spiro atoms. The monoisotopic (exact) mass is 477 g/mol. The summed E-state index contributed by atoms with van der Waals surface area (Å²) in [5, 5.41) is 2.51. The van der Waals surface area contributed by atoms with Crippen LogP contribution in [0.3, 0.4) is 0 Å². The lowest BCUT2D eigenvalue weighted by atomic mass is 10.0. The smallest absolute Gasteiger partial charge is 0.411 e. The van der Waals surface area contributed by atoms with Crippen LogP contribution in [0.1, 0.15) is 46.8 Å². The van der Waals surface area contributed by atoms with Gasteiger partial charge >= 0.3 is 6.09 Å². The van der Waals surface area contributed by atoms with E-state index >= 15 is 0 Å². The predicted octanol–water partition coefficient (Wildman–Crippen LogP) is 4.50. The van der Waals surface area contributed by atoms with E-state index in [2.05, 4.69) is 5.32 Å². The quantitative estimate of drug-likeness (QED) is 0.703. The van der Waals surface area contributed by atoms with Gasteiger partial charge in [0.05, 0.1) is 11.1 Å². The summed E-state index contributed by atoms with van der Waals surface area (Å²) in [6, 6.07) is 5.75. The fraction of sp³-hybridized carbons (Fsp3) is 0.348. The Morgan fingerprint density at radius 2 is 1.88 bits per heavy atom. The van der Waals surface area contributed by atoms with Crippen molar-refractivity contribution < 1.29 is 27.9 Å². The highest BCUT2D eigenvalue weighted by Crippen LogP contribution is 2.39. The molecule has 1 aliphatic heterocycles. The van der Waals surface area contributed by atoms with E-state index in [0.717, 1.165) is 6.07 Å². The number of likely N-dealkylation sites (tertiary alicyclic amines) is 1. The van der Waals surface area contributed by atoms with Crippen molar-refractivity contribution in [3.63, 3.8) is 0 Å². The van der Waals surface area contributed by atoms with Gasteiger partial charge in [0.15, 0.2) is 6.23 Å². The minimum Gasteiger partial charge on any atom is -0.425 e. The van der Waals surface area contributed by atoms with E-state index in [1.54, 1.807) is 7.05 Å². The molecule has 174 valence electrons. The van der Waals surface area contributed by atoms with E-state index in [1.165, 1.54) is 41.1 Å². The van der Waals surface area contributed by atoms with Crippen LogP contribution < -0.4 is 5.32 Å². The predicted molar refractivity (Wildman–Crippen MR) is 117 cm³/mol. The van der Waals surface area contributed by atoms with Crippen LogP contribution in [-0.4, -0.2) is 48.0 Å². The molecule has 1 aliphatic carbocycles. The summed E-state index contributed by atoms with van der Waals surface area (Å²) in [5.41, 5.74) is 1.32. The van der Waals surface area contributed by atoms with Crippen LogP contribution in [0.4, 0.5) is 19.3 Å². The van der Waals surface area contributed by atoms with Crippen LogP contribution in [0.25, 0.3) is 0 Å². The summed E-state index contributed by atoms with van der Waals surface area (Å²) in [4.78, 5) is 39.9. The lowest BCUT2D eigenvalue weighted by Gasteiger charge is -2.28. The topological polar surface area (TPSA) is 79.0 Å². The molecule has 0 saturated carbocycles. The normalized spacial score (nSPS) is 19.4. The highest BCUT2D eigenvalue weighted by atomic mass is 35.5. The number of nitrogens with zero attached hydrogens (tertiary/aromatic N) is 2. The van der Waals surface area contributed by atoms with E-state index in [-0.39, 0.29) is 22.1 Å². The number of amides is 3. The number of hydrogen-bond acceptors (Lipinski definition) is 4. The van der Waals surface area contributed by atoms with Crippen molar-refractivity contribution in [2.45, 2.75) is 38.0 Å². The molecule has 1 N–H and O–H groups in total. The summed E-state index contributed by atoms with van der Waals surface area (Å²) in [5.74, 6) is -1.73. The number of fused-ring (bicyclic) bond motifs is 1. The number of halogens is 3. The molecule has 7 nitrogen and oxygen atoms in total. The Balaban J connectivity index is 1.54. The van der Waals surface area contributed by atoms with Gasteiger partial charge < -0.3 is 19.9 Å². The van der Waals surface area contributed by atoms with Gasteiger partial charge in [0.25, 0.3) is 5.91 Å². The van der Waals surface area contributed by atoms with Crippen molar-refractivity contribution in [3.8, 4) is 0 Å². The largest absolute Gasteiger partial charge is 0.425 e. The standard InChI is InChI=1S/C23H22ClF2N3O4/c1-28(23(32)33-20-10-9-19(30)29(20)2)18-8-5-13-14(4-7-17(26)21(13)18)22(31)27-12-3-6-16(25)15(24)11-12/h3-4,6-7,11,18,20H,5,8-10H2,1-2H3,(H,27,31)/t18-,20+/m0/s1. The van der Waals surface area contributed by atoms with E-state index in [9.17, 15) is 23.2 Å². The van der Waals surface area contributed by atoms with Crippen molar-refractivity contribution in [3.05, 3.63) is 63.7 Å². The molecular formula is C23H22ClF2N3O4. The minimum atomic E-state index is -0.672. The first-order valence-electron chi connectivity index (χ1n) is 10.4. The Hall–Kier alpha value is -3.20. The summed E-state index contributed by atoms with van der Waals surface area (Å²) < 4.78 is 33.7. The van der Waals surface area contributed by atoms with E-state index in [4.69, 9.17) is 16.3 Å². The Labute approximate surface area is 194 Å². The van der Waals surface area contributed by atoms with E-state index < -0.39 is 35.9 Å². The maximum Gasteiger partial charge on any atom is 0.411 e. The van der Waals surface area contributed by atoms with Crippen LogP contribution in [0.2, 0.25) is 5.02 Å². The van der Waals surface area contributed by atoms with Crippen molar-refractivity contribution in [1.29, 1.82) is 0 Å². The van der Waals surface area contributed by atoms with Gasteiger partial charge in [-0.25, -0.2) is 13.6 Å². The number of ether oxygens (including phenoxy) is 1. The summed E-state index contributed by atoms with van der Waals surface area (Å²) in [7, 11) is 3.07. The second-order valence-corrected chi connectivity index (χ2v) is 8.52. The highest BCUT2D eigenvalue weighted by Gasteiger charge is 2.37. The van der Waals surface area contributed by atoms with Gasteiger partial charge in [-0.2, -0.15) is 0 Å². The lowest BCUT2D eigenvalue weighted by Crippen LogP contribution is -2.38. The molecule has 1 saturated heterocycles. The van der Waals surface area contributed by atoms with Crippen LogP contribution >= 0.6 is 11.6 Å². The van der Waals surface area contributed by atoms with Gasteiger partial charge in [-0.1, -0.05) is 11.6 Å². The Morgan fingerprint density at radius 3 is 2.55 bits per heavy atom. The second-order valence-electron chi connectivity index (χ2n) is 8.12. The average molecular weight is 478 g/mol. The Bertz CT molecular complexity index is 1140. The van der Waals surface area contributed by atoms with E-state index in [0.29, 0.717) is 36.9 Å². The molecule has 4 rings (SSSR count). The Morgan fingerprint density at radius 1 is 1.15 bits per heavy atom. The number of carbonyl (C=O) groups excluding carboxylic acids is 3. The molecule has 3 amide bonds. The number of nitrogens with one attached hydrogen (secondary N) is 1. The number of benzene rings is 2. The lowest BCUT2D eigenvalue weighted by molar-refractivity contribution is -0.131. The highest BCUT2D eigenvalue weighted by molar-refractivity contribution is 6.31. The fourth-order valence-electron chi connectivity index (χ4n) is 4.31. The molecule has 2 atom stereocenters. The molecule has 2 aromatic carbocycles. The van der Waals surface area contributed by atoms with Gasteiger partial charge in [-0.15, -0.1) is 0 Å².